The minimum absolute atomic E-state index is 0.265. The molecule has 1 aromatic carbocycles. The van der Waals surface area contributed by atoms with Crippen LogP contribution < -0.4 is 10.5 Å². The number of aryl methyl sites for hydroxylation is 1. The van der Waals surface area contributed by atoms with Crippen LogP contribution in [0.1, 0.15) is 11.1 Å². The number of ether oxygens (including phenoxy) is 1. The van der Waals surface area contributed by atoms with E-state index in [4.69, 9.17) is 15.7 Å². The molecule has 2 aromatic rings. The highest BCUT2D eigenvalue weighted by Gasteiger charge is 2.12. The smallest absolute Gasteiger partial charge is 0.142 e. The lowest BCUT2D eigenvalue weighted by atomic mass is 10.0. The van der Waals surface area contributed by atoms with Crippen LogP contribution in [0.4, 0.5) is 5.82 Å². The van der Waals surface area contributed by atoms with Gasteiger partial charge in [-0.2, -0.15) is 5.26 Å². The van der Waals surface area contributed by atoms with Crippen LogP contribution in [-0.4, -0.2) is 12.1 Å². The van der Waals surface area contributed by atoms with Gasteiger partial charge in [0.1, 0.15) is 17.6 Å². The lowest BCUT2D eigenvalue weighted by Crippen LogP contribution is -2.00. The van der Waals surface area contributed by atoms with Gasteiger partial charge in [0.25, 0.3) is 0 Å². The number of pyridine rings is 1. The molecule has 1 heterocycles. The number of aromatic nitrogens is 1. The van der Waals surface area contributed by atoms with E-state index in [2.05, 4.69) is 11.1 Å². The van der Waals surface area contributed by atoms with Gasteiger partial charge in [-0.25, -0.2) is 4.98 Å². The van der Waals surface area contributed by atoms with E-state index >= 15 is 0 Å². The van der Waals surface area contributed by atoms with E-state index in [0.29, 0.717) is 11.3 Å². The maximum absolute atomic E-state index is 9.01. The van der Waals surface area contributed by atoms with Crippen molar-refractivity contribution in [2.75, 3.05) is 12.8 Å². The molecule has 0 aliphatic carbocycles. The second kappa shape index (κ2) is 3.70. The molecule has 0 saturated carbocycles. The van der Waals surface area contributed by atoms with E-state index < -0.39 is 0 Å². The van der Waals surface area contributed by atoms with Crippen LogP contribution in [0, 0.1) is 18.3 Å². The van der Waals surface area contributed by atoms with Crippen molar-refractivity contribution in [2.45, 2.75) is 6.92 Å². The van der Waals surface area contributed by atoms with E-state index in [1.54, 1.807) is 7.11 Å². The number of methoxy groups -OCH3 is 1. The Morgan fingerprint density at radius 1 is 1.44 bits per heavy atom. The number of anilines is 1. The first-order valence-electron chi connectivity index (χ1n) is 4.82. The molecular weight excluding hydrogens is 202 g/mol. The number of benzene rings is 1. The zero-order valence-electron chi connectivity index (χ0n) is 9.11. The van der Waals surface area contributed by atoms with E-state index in [0.717, 1.165) is 16.5 Å². The van der Waals surface area contributed by atoms with Gasteiger partial charge in [0.05, 0.1) is 18.2 Å². The Morgan fingerprint density at radius 3 is 2.81 bits per heavy atom. The van der Waals surface area contributed by atoms with Crippen LogP contribution in [0.5, 0.6) is 5.75 Å². The van der Waals surface area contributed by atoms with Gasteiger partial charge < -0.3 is 10.5 Å². The molecule has 0 aliphatic rings. The molecule has 1 aromatic heterocycles. The zero-order valence-corrected chi connectivity index (χ0v) is 9.11. The summed E-state index contributed by atoms with van der Waals surface area (Å²) in [6, 6.07) is 7.60. The Kier molecular flexibility index (Phi) is 2.37. The number of nitrogen functional groups attached to an aromatic ring is 1. The van der Waals surface area contributed by atoms with Crippen LogP contribution in [0.15, 0.2) is 18.2 Å². The van der Waals surface area contributed by atoms with Crippen LogP contribution in [0.3, 0.4) is 0 Å². The SMILES string of the molecule is COc1cccc2nc(N)c(C#N)c(C)c12. The number of hydrogen-bond donors (Lipinski definition) is 1. The highest BCUT2D eigenvalue weighted by molar-refractivity contribution is 5.91. The van der Waals surface area contributed by atoms with Gasteiger partial charge in [0.2, 0.25) is 0 Å². The van der Waals surface area contributed by atoms with Crippen molar-refractivity contribution in [3.8, 4) is 11.8 Å². The fraction of sp³-hybridized carbons (Fsp3) is 0.167. The first kappa shape index (κ1) is 10.2. The molecule has 0 unspecified atom stereocenters. The predicted octanol–water partition coefficient (Wildman–Crippen LogP) is 2.01. The molecule has 16 heavy (non-hydrogen) atoms. The summed E-state index contributed by atoms with van der Waals surface area (Å²) in [5.41, 5.74) is 7.68. The average molecular weight is 213 g/mol. The third-order valence-corrected chi connectivity index (χ3v) is 2.58. The largest absolute Gasteiger partial charge is 0.496 e. The predicted molar refractivity (Wildman–Crippen MR) is 62.2 cm³/mol. The number of rotatable bonds is 1. The normalized spacial score (nSPS) is 10.1. The maximum Gasteiger partial charge on any atom is 0.142 e. The molecule has 4 nitrogen and oxygen atoms in total. The quantitative estimate of drug-likeness (QED) is 0.786. The summed E-state index contributed by atoms with van der Waals surface area (Å²) in [6.45, 7) is 1.85. The van der Waals surface area contributed by atoms with Crippen molar-refractivity contribution in [1.82, 2.24) is 4.98 Å². The minimum atomic E-state index is 0.265. The summed E-state index contributed by atoms with van der Waals surface area (Å²) in [7, 11) is 1.59. The molecular formula is C12H11N3O. The van der Waals surface area contributed by atoms with Crippen molar-refractivity contribution >= 4 is 16.7 Å². The molecule has 0 bridgehead atoms. The number of nitrogens with two attached hydrogens (primary N) is 1. The van der Waals surface area contributed by atoms with Gasteiger partial charge in [0, 0.05) is 5.39 Å². The maximum atomic E-state index is 9.01. The zero-order chi connectivity index (χ0) is 11.7. The second-order valence-electron chi connectivity index (χ2n) is 3.46. The van der Waals surface area contributed by atoms with Crippen molar-refractivity contribution in [1.29, 1.82) is 5.26 Å². The molecule has 2 rings (SSSR count). The Hall–Kier alpha value is -2.28. The van der Waals surface area contributed by atoms with Crippen molar-refractivity contribution in [3.05, 3.63) is 29.3 Å². The third kappa shape index (κ3) is 1.34. The van der Waals surface area contributed by atoms with Crippen LogP contribution in [0.2, 0.25) is 0 Å². The minimum Gasteiger partial charge on any atom is -0.496 e. The molecule has 4 heteroatoms. The number of nitriles is 1. The summed E-state index contributed by atoms with van der Waals surface area (Å²) in [5.74, 6) is 0.972. The van der Waals surface area contributed by atoms with Gasteiger partial charge >= 0.3 is 0 Å². The number of fused-ring (bicyclic) bond motifs is 1. The Bertz CT molecular complexity index is 599. The van der Waals surface area contributed by atoms with Gasteiger partial charge in [-0.1, -0.05) is 6.07 Å². The number of hydrogen-bond acceptors (Lipinski definition) is 4. The van der Waals surface area contributed by atoms with E-state index in [1.807, 2.05) is 25.1 Å². The highest BCUT2D eigenvalue weighted by Crippen LogP contribution is 2.30. The summed E-state index contributed by atoms with van der Waals surface area (Å²) < 4.78 is 5.26. The lowest BCUT2D eigenvalue weighted by molar-refractivity contribution is 0.419. The monoisotopic (exact) mass is 213 g/mol. The Balaban J connectivity index is 2.96. The van der Waals surface area contributed by atoms with Gasteiger partial charge in [-0.05, 0) is 24.6 Å². The summed E-state index contributed by atoms with van der Waals surface area (Å²) in [5, 5.41) is 9.85. The topological polar surface area (TPSA) is 71.9 Å². The highest BCUT2D eigenvalue weighted by atomic mass is 16.5. The molecule has 0 radical (unpaired) electrons. The summed E-state index contributed by atoms with van der Waals surface area (Å²) in [4.78, 5) is 4.19. The van der Waals surface area contributed by atoms with E-state index in [1.165, 1.54) is 0 Å². The Labute approximate surface area is 93.3 Å². The standard InChI is InChI=1S/C12H11N3O/c1-7-8(6-13)12(14)15-9-4-3-5-10(16-2)11(7)9/h3-5H,1-2H3,(H2,14,15). The molecule has 0 aliphatic heterocycles. The summed E-state index contributed by atoms with van der Waals surface area (Å²) >= 11 is 0. The average Bonchev–Trinajstić information content (AvgIpc) is 2.28. The van der Waals surface area contributed by atoms with Gasteiger partial charge in [-0.15, -0.1) is 0 Å². The molecule has 0 saturated heterocycles. The van der Waals surface area contributed by atoms with Crippen molar-refractivity contribution < 1.29 is 4.74 Å². The molecule has 2 N–H and O–H groups in total. The van der Waals surface area contributed by atoms with Crippen LogP contribution in [-0.2, 0) is 0 Å². The molecule has 0 atom stereocenters. The van der Waals surface area contributed by atoms with Crippen molar-refractivity contribution in [3.63, 3.8) is 0 Å². The Morgan fingerprint density at radius 2 is 2.19 bits per heavy atom. The van der Waals surface area contributed by atoms with Gasteiger partial charge in [0.15, 0.2) is 0 Å². The lowest BCUT2D eigenvalue weighted by Gasteiger charge is -2.10. The van der Waals surface area contributed by atoms with Crippen LogP contribution in [0.25, 0.3) is 10.9 Å². The van der Waals surface area contributed by atoms with Gasteiger partial charge in [-0.3, -0.25) is 0 Å². The first-order chi connectivity index (χ1) is 7.69. The molecule has 0 spiro atoms. The van der Waals surface area contributed by atoms with Crippen molar-refractivity contribution in [2.24, 2.45) is 0 Å². The molecule has 0 fully saturated rings. The fourth-order valence-corrected chi connectivity index (χ4v) is 1.80. The summed E-state index contributed by atoms with van der Waals surface area (Å²) in [6.07, 6.45) is 0. The first-order valence-corrected chi connectivity index (χ1v) is 4.82. The molecule has 80 valence electrons. The third-order valence-electron chi connectivity index (χ3n) is 2.58. The number of nitrogens with zero attached hydrogens (tertiary/aromatic N) is 2. The fourth-order valence-electron chi connectivity index (χ4n) is 1.80. The second-order valence-corrected chi connectivity index (χ2v) is 3.46. The van der Waals surface area contributed by atoms with E-state index in [9.17, 15) is 0 Å². The molecule has 0 amide bonds. The van der Waals surface area contributed by atoms with E-state index in [-0.39, 0.29) is 5.82 Å². The van der Waals surface area contributed by atoms with Crippen LogP contribution >= 0.6 is 0 Å².